The molecule has 0 amide bonds. The van der Waals surface area contributed by atoms with Crippen LogP contribution in [0.5, 0.6) is 0 Å². The maximum atomic E-state index is 14.1. The smallest absolute Gasteiger partial charge is 0.134 e. The van der Waals surface area contributed by atoms with E-state index in [1.54, 1.807) is 6.20 Å². The quantitative estimate of drug-likeness (QED) is 0.756. The van der Waals surface area contributed by atoms with Crippen molar-refractivity contribution >= 4 is 28.2 Å². The Morgan fingerprint density at radius 1 is 1.09 bits per heavy atom. The van der Waals surface area contributed by atoms with E-state index in [1.165, 1.54) is 6.07 Å². The molecular formula is C17H16ClFN4. The Morgan fingerprint density at radius 3 is 2.70 bits per heavy atom. The number of fused-ring (bicyclic) bond motifs is 1. The highest BCUT2D eigenvalue weighted by molar-refractivity contribution is 6.33. The predicted molar refractivity (Wildman–Crippen MR) is 91.6 cm³/mol. The highest BCUT2D eigenvalue weighted by atomic mass is 35.5. The number of aromatic amines is 1. The summed E-state index contributed by atoms with van der Waals surface area (Å²) in [5, 5.41) is 11.3. The van der Waals surface area contributed by atoms with Gasteiger partial charge in [-0.15, -0.1) is 0 Å². The van der Waals surface area contributed by atoms with Crippen LogP contribution < -0.4 is 10.2 Å². The fourth-order valence-electron chi connectivity index (χ4n) is 3.02. The average molecular weight is 331 g/mol. The molecule has 0 saturated carbocycles. The minimum absolute atomic E-state index is 0.284. The monoisotopic (exact) mass is 330 g/mol. The number of anilines is 1. The fraction of sp³-hybridized carbons (Fsp3) is 0.235. The first kappa shape index (κ1) is 14.5. The SMILES string of the molecule is Fc1cc(-c2ccc(N3CCNCC3)c(Cl)c2)cc2n[nH]cc12. The van der Waals surface area contributed by atoms with Crippen molar-refractivity contribution in [3.8, 4) is 11.1 Å². The molecule has 1 saturated heterocycles. The minimum Gasteiger partial charge on any atom is -0.368 e. The standard InChI is InChI=1S/C17H16ClFN4/c18-14-7-11(1-2-17(14)23-5-3-20-4-6-23)12-8-15(19)13-10-21-22-16(13)9-12/h1-2,7-10,20H,3-6H2,(H,21,22). The number of rotatable bonds is 2. The van der Waals surface area contributed by atoms with E-state index >= 15 is 0 Å². The third-order valence-corrected chi connectivity index (χ3v) is 4.54. The van der Waals surface area contributed by atoms with Crippen molar-refractivity contribution in [3.05, 3.63) is 47.4 Å². The first-order valence-corrected chi connectivity index (χ1v) is 7.99. The molecule has 1 aromatic heterocycles. The summed E-state index contributed by atoms with van der Waals surface area (Å²) >= 11 is 6.47. The zero-order valence-corrected chi connectivity index (χ0v) is 13.2. The maximum absolute atomic E-state index is 14.1. The number of hydrogen-bond donors (Lipinski definition) is 2. The summed E-state index contributed by atoms with van der Waals surface area (Å²) in [6.45, 7) is 3.79. The molecule has 0 atom stereocenters. The lowest BCUT2D eigenvalue weighted by atomic mass is 10.0. The van der Waals surface area contributed by atoms with Crippen LogP contribution in [-0.4, -0.2) is 36.4 Å². The molecule has 1 aliphatic rings. The van der Waals surface area contributed by atoms with E-state index in [1.807, 2.05) is 24.3 Å². The van der Waals surface area contributed by atoms with E-state index in [9.17, 15) is 4.39 Å². The molecule has 6 heteroatoms. The van der Waals surface area contributed by atoms with Gasteiger partial charge in [0.2, 0.25) is 0 Å². The molecule has 4 rings (SSSR count). The number of benzene rings is 2. The molecular weight excluding hydrogens is 315 g/mol. The molecule has 2 N–H and O–H groups in total. The molecule has 118 valence electrons. The van der Waals surface area contributed by atoms with Crippen LogP contribution in [0.1, 0.15) is 0 Å². The number of nitrogens with zero attached hydrogens (tertiary/aromatic N) is 2. The third kappa shape index (κ3) is 2.66. The highest BCUT2D eigenvalue weighted by Crippen LogP contribution is 2.33. The van der Waals surface area contributed by atoms with Gasteiger partial charge in [0.05, 0.1) is 21.6 Å². The summed E-state index contributed by atoms with van der Waals surface area (Å²) in [6, 6.07) is 9.28. The molecule has 0 spiro atoms. The fourth-order valence-corrected chi connectivity index (χ4v) is 3.32. The van der Waals surface area contributed by atoms with Gasteiger partial charge in [-0.3, -0.25) is 5.10 Å². The molecule has 3 aromatic rings. The van der Waals surface area contributed by atoms with Crippen molar-refractivity contribution in [1.29, 1.82) is 0 Å². The van der Waals surface area contributed by atoms with Crippen LogP contribution in [0.2, 0.25) is 5.02 Å². The largest absolute Gasteiger partial charge is 0.368 e. The summed E-state index contributed by atoms with van der Waals surface area (Å²) in [5.41, 5.74) is 3.30. The highest BCUT2D eigenvalue weighted by Gasteiger charge is 2.15. The number of aromatic nitrogens is 2. The Bertz CT molecular complexity index is 855. The van der Waals surface area contributed by atoms with Crippen LogP contribution in [0.25, 0.3) is 22.0 Å². The van der Waals surface area contributed by atoms with Crippen LogP contribution in [-0.2, 0) is 0 Å². The van der Waals surface area contributed by atoms with Gasteiger partial charge in [-0.25, -0.2) is 4.39 Å². The molecule has 0 bridgehead atoms. The Hall–Kier alpha value is -2.11. The van der Waals surface area contributed by atoms with Gasteiger partial charge in [0.25, 0.3) is 0 Å². The molecule has 0 aliphatic carbocycles. The van der Waals surface area contributed by atoms with E-state index in [0.29, 0.717) is 15.9 Å². The van der Waals surface area contributed by atoms with Crippen LogP contribution >= 0.6 is 11.6 Å². The molecule has 2 heterocycles. The number of hydrogen-bond acceptors (Lipinski definition) is 3. The average Bonchev–Trinajstić information content (AvgIpc) is 3.05. The second kappa shape index (κ2) is 5.83. The number of H-pyrrole nitrogens is 1. The Morgan fingerprint density at radius 2 is 1.91 bits per heavy atom. The molecule has 1 fully saturated rings. The van der Waals surface area contributed by atoms with Gasteiger partial charge < -0.3 is 10.2 Å². The minimum atomic E-state index is -0.284. The number of nitrogens with one attached hydrogen (secondary N) is 2. The molecule has 0 unspecified atom stereocenters. The summed E-state index contributed by atoms with van der Waals surface area (Å²) in [4.78, 5) is 2.26. The number of halogens is 2. The van der Waals surface area contributed by atoms with E-state index < -0.39 is 0 Å². The van der Waals surface area contributed by atoms with Gasteiger partial charge in [0, 0.05) is 32.4 Å². The van der Waals surface area contributed by atoms with Gasteiger partial charge in [-0.1, -0.05) is 17.7 Å². The van der Waals surface area contributed by atoms with E-state index in [2.05, 4.69) is 20.4 Å². The third-order valence-electron chi connectivity index (χ3n) is 4.24. The van der Waals surface area contributed by atoms with E-state index in [4.69, 9.17) is 11.6 Å². The number of piperazine rings is 1. The van der Waals surface area contributed by atoms with Gasteiger partial charge in [-0.05, 0) is 35.4 Å². The summed E-state index contributed by atoms with van der Waals surface area (Å²) in [7, 11) is 0. The van der Waals surface area contributed by atoms with Crippen LogP contribution in [0.3, 0.4) is 0 Å². The summed E-state index contributed by atoms with van der Waals surface area (Å²) in [5.74, 6) is -0.284. The van der Waals surface area contributed by atoms with Gasteiger partial charge in [0.15, 0.2) is 0 Å². The maximum Gasteiger partial charge on any atom is 0.134 e. The lowest BCUT2D eigenvalue weighted by Crippen LogP contribution is -2.43. The summed E-state index contributed by atoms with van der Waals surface area (Å²) < 4.78 is 14.1. The first-order chi connectivity index (χ1) is 11.2. The predicted octanol–water partition coefficient (Wildman–Crippen LogP) is 3.43. The van der Waals surface area contributed by atoms with Crippen LogP contribution in [0.4, 0.5) is 10.1 Å². The zero-order chi connectivity index (χ0) is 15.8. The Kier molecular flexibility index (Phi) is 3.67. The zero-order valence-electron chi connectivity index (χ0n) is 12.4. The lowest BCUT2D eigenvalue weighted by Gasteiger charge is -2.30. The first-order valence-electron chi connectivity index (χ1n) is 7.61. The molecule has 4 nitrogen and oxygen atoms in total. The molecule has 1 aliphatic heterocycles. The van der Waals surface area contributed by atoms with Gasteiger partial charge >= 0.3 is 0 Å². The van der Waals surface area contributed by atoms with Gasteiger partial charge in [0.1, 0.15) is 5.82 Å². The van der Waals surface area contributed by atoms with Crippen molar-refractivity contribution in [1.82, 2.24) is 15.5 Å². The van der Waals surface area contributed by atoms with Crippen LogP contribution in [0.15, 0.2) is 36.5 Å². The van der Waals surface area contributed by atoms with E-state index in [0.717, 1.165) is 43.0 Å². The molecule has 23 heavy (non-hydrogen) atoms. The van der Waals surface area contributed by atoms with Crippen molar-refractivity contribution in [2.75, 3.05) is 31.1 Å². The molecule has 2 aromatic carbocycles. The Labute approximate surface area is 138 Å². The lowest BCUT2D eigenvalue weighted by molar-refractivity contribution is 0.589. The topological polar surface area (TPSA) is 44.0 Å². The second-order valence-corrected chi connectivity index (χ2v) is 6.09. The van der Waals surface area contributed by atoms with Crippen molar-refractivity contribution in [2.24, 2.45) is 0 Å². The van der Waals surface area contributed by atoms with Gasteiger partial charge in [-0.2, -0.15) is 5.10 Å². The van der Waals surface area contributed by atoms with Crippen LogP contribution in [0, 0.1) is 5.82 Å². The second-order valence-electron chi connectivity index (χ2n) is 5.68. The van der Waals surface area contributed by atoms with E-state index in [-0.39, 0.29) is 5.82 Å². The van der Waals surface area contributed by atoms with Crippen molar-refractivity contribution in [3.63, 3.8) is 0 Å². The van der Waals surface area contributed by atoms with Crippen molar-refractivity contribution in [2.45, 2.75) is 0 Å². The summed E-state index contributed by atoms with van der Waals surface area (Å²) in [6.07, 6.45) is 1.56. The molecule has 0 radical (unpaired) electrons. The van der Waals surface area contributed by atoms with Crippen molar-refractivity contribution < 1.29 is 4.39 Å². The Balaban J connectivity index is 1.72. The normalized spacial score (nSPS) is 15.3.